The lowest BCUT2D eigenvalue weighted by Crippen LogP contribution is -2.08. The summed E-state index contributed by atoms with van der Waals surface area (Å²) in [6, 6.07) is 10.3. The van der Waals surface area contributed by atoms with Crippen LogP contribution in [0.2, 0.25) is 0 Å². The molecule has 1 unspecified atom stereocenters. The van der Waals surface area contributed by atoms with Gasteiger partial charge in [-0.05, 0) is 17.9 Å². The van der Waals surface area contributed by atoms with E-state index >= 15 is 0 Å². The highest BCUT2D eigenvalue weighted by Crippen LogP contribution is 2.10. The molecule has 2 rings (SSSR count). The van der Waals surface area contributed by atoms with Crippen LogP contribution in [0.25, 0.3) is 0 Å². The van der Waals surface area contributed by atoms with Crippen molar-refractivity contribution >= 4 is 0 Å². The van der Waals surface area contributed by atoms with E-state index in [9.17, 15) is 5.11 Å². The Balaban J connectivity index is 2.03. The number of aromatic nitrogens is 3. The average Bonchev–Trinajstić information content (AvgIpc) is 2.88. The zero-order chi connectivity index (χ0) is 14.4. The van der Waals surface area contributed by atoms with Gasteiger partial charge in [-0.1, -0.05) is 50.6 Å². The molecule has 0 radical (unpaired) electrons. The second-order valence-electron chi connectivity index (χ2n) is 5.28. The van der Waals surface area contributed by atoms with Gasteiger partial charge in [-0.2, -0.15) is 5.10 Å². The van der Waals surface area contributed by atoms with Crippen molar-refractivity contribution in [3.05, 3.63) is 47.5 Å². The monoisotopic (exact) mass is 273 g/mol. The highest BCUT2D eigenvalue weighted by Gasteiger charge is 2.11. The predicted molar refractivity (Wildman–Crippen MR) is 79.2 cm³/mol. The van der Waals surface area contributed by atoms with Gasteiger partial charge in [-0.25, -0.2) is 9.67 Å². The topological polar surface area (TPSA) is 50.9 Å². The normalized spacial score (nSPS) is 12.6. The van der Waals surface area contributed by atoms with E-state index in [1.807, 2.05) is 22.9 Å². The third kappa shape index (κ3) is 3.90. The van der Waals surface area contributed by atoms with Crippen LogP contribution in [0.3, 0.4) is 0 Å². The van der Waals surface area contributed by atoms with E-state index in [0.717, 1.165) is 31.6 Å². The summed E-state index contributed by atoms with van der Waals surface area (Å²) < 4.78 is 1.84. The van der Waals surface area contributed by atoms with E-state index in [1.165, 1.54) is 5.56 Å². The summed E-state index contributed by atoms with van der Waals surface area (Å²) in [4.78, 5) is 4.43. The molecule has 0 saturated carbocycles. The highest BCUT2D eigenvalue weighted by atomic mass is 16.3. The maximum atomic E-state index is 9.40. The number of aliphatic hydroxyl groups is 1. The van der Waals surface area contributed by atoms with Crippen molar-refractivity contribution in [2.45, 2.75) is 46.3 Å². The Hall–Kier alpha value is -1.68. The first-order valence-electron chi connectivity index (χ1n) is 7.30. The molecule has 0 aliphatic rings. The number of rotatable bonds is 7. The minimum atomic E-state index is -0.0533. The third-order valence-corrected chi connectivity index (χ3v) is 3.62. The maximum Gasteiger partial charge on any atom is 0.152 e. The summed E-state index contributed by atoms with van der Waals surface area (Å²) in [5, 5.41) is 13.9. The Labute approximate surface area is 120 Å². The quantitative estimate of drug-likeness (QED) is 0.843. The summed E-state index contributed by atoms with van der Waals surface area (Å²) in [5.41, 5.74) is 1.27. The summed E-state index contributed by atoms with van der Waals surface area (Å²) in [6.07, 6.45) is 2.90. The van der Waals surface area contributed by atoms with Crippen LogP contribution in [0.4, 0.5) is 0 Å². The van der Waals surface area contributed by atoms with Crippen molar-refractivity contribution in [3.8, 4) is 0 Å². The van der Waals surface area contributed by atoms with Gasteiger partial charge in [0, 0.05) is 13.0 Å². The zero-order valence-electron chi connectivity index (χ0n) is 12.3. The first-order valence-corrected chi connectivity index (χ1v) is 7.30. The summed E-state index contributed by atoms with van der Waals surface area (Å²) in [6.45, 7) is 5.07. The molecule has 0 amide bonds. The van der Waals surface area contributed by atoms with Crippen molar-refractivity contribution in [1.29, 1.82) is 0 Å². The molecule has 1 N–H and O–H groups in total. The van der Waals surface area contributed by atoms with Crippen LogP contribution in [0.5, 0.6) is 0 Å². The van der Waals surface area contributed by atoms with Crippen LogP contribution >= 0.6 is 0 Å². The molecule has 0 spiro atoms. The van der Waals surface area contributed by atoms with Crippen LogP contribution in [0, 0.1) is 5.92 Å². The minimum absolute atomic E-state index is 0.0533. The fourth-order valence-corrected chi connectivity index (χ4v) is 2.14. The Morgan fingerprint density at radius 3 is 2.65 bits per heavy atom. The number of hydrogen-bond acceptors (Lipinski definition) is 3. The standard InChI is InChI=1S/C16H23N3O/c1-3-13(2)11-15-17-16(12-20)19(18-15)10-9-14-7-5-4-6-8-14/h4-8,13,20H,3,9-12H2,1-2H3. The number of nitrogens with zero attached hydrogens (tertiary/aromatic N) is 3. The van der Waals surface area contributed by atoms with E-state index in [-0.39, 0.29) is 6.61 Å². The molecule has 1 atom stereocenters. The number of benzene rings is 1. The molecule has 0 bridgehead atoms. The molecule has 0 aliphatic heterocycles. The summed E-state index contributed by atoms with van der Waals surface area (Å²) >= 11 is 0. The van der Waals surface area contributed by atoms with Crippen molar-refractivity contribution in [3.63, 3.8) is 0 Å². The van der Waals surface area contributed by atoms with E-state index in [1.54, 1.807) is 0 Å². The average molecular weight is 273 g/mol. The van der Waals surface area contributed by atoms with Crippen molar-refractivity contribution in [2.75, 3.05) is 0 Å². The van der Waals surface area contributed by atoms with Crippen LogP contribution in [0.15, 0.2) is 30.3 Å². The van der Waals surface area contributed by atoms with Crippen LogP contribution in [-0.4, -0.2) is 19.9 Å². The Bertz CT molecular complexity index is 522. The second-order valence-corrected chi connectivity index (χ2v) is 5.28. The minimum Gasteiger partial charge on any atom is -0.388 e. The van der Waals surface area contributed by atoms with Gasteiger partial charge in [0.2, 0.25) is 0 Å². The lowest BCUT2D eigenvalue weighted by atomic mass is 10.1. The molecule has 108 valence electrons. The molecular weight excluding hydrogens is 250 g/mol. The maximum absolute atomic E-state index is 9.40. The first kappa shape index (κ1) is 14.7. The van der Waals surface area contributed by atoms with Gasteiger partial charge < -0.3 is 5.11 Å². The Morgan fingerprint density at radius 2 is 2.00 bits per heavy atom. The van der Waals surface area contributed by atoms with Crippen LogP contribution in [0.1, 0.15) is 37.5 Å². The first-order chi connectivity index (χ1) is 9.72. The van der Waals surface area contributed by atoms with Crippen molar-refractivity contribution < 1.29 is 5.11 Å². The van der Waals surface area contributed by atoms with Gasteiger partial charge in [-0.3, -0.25) is 0 Å². The molecule has 1 aromatic heterocycles. The smallest absolute Gasteiger partial charge is 0.152 e. The molecule has 4 nitrogen and oxygen atoms in total. The van der Waals surface area contributed by atoms with Gasteiger partial charge in [0.25, 0.3) is 0 Å². The molecule has 1 heterocycles. The number of aliphatic hydroxyl groups excluding tert-OH is 1. The third-order valence-electron chi connectivity index (χ3n) is 3.62. The van der Waals surface area contributed by atoms with E-state index in [0.29, 0.717) is 11.7 Å². The fourth-order valence-electron chi connectivity index (χ4n) is 2.14. The van der Waals surface area contributed by atoms with Gasteiger partial charge in [0.15, 0.2) is 11.6 Å². The summed E-state index contributed by atoms with van der Waals surface area (Å²) in [5.74, 6) is 2.09. The SMILES string of the molecule is CCC(C)Cc1nc(CO)n(CCc2ccccc2)n1. The Kier molecular flexibility index (Phi) is 5.30. The molecule has 20 heavy (non-hydrogen) atoms. The van der Waals surface area contributed by atoms with Gasteiger partial charge >= 0.3 is 0 Å². The largest absolute Gasteiger partial charge is 0.388 e. The highest BCUT2D eigenvalue weighted by molar-refractivity contribution is 5.14. The van der Waals surface area contributed by atoms with E-state index in [2.05, 4.69) is 36.1 Å². The second kappa shape index (κ2) is 7.20. The lowest BCUT2D eigenvalue weighted by Gasteiger charge is -2.04. The Morgan fingerprint density at radius 1 is 1.25 bits per heavy atom. The molecule has 0 aliphatic carbocycles. The van der Waals surface area contributed by atoms with E-state index in [4.69, 9.17) is 0 Å². The molecule has 0 saturated heterocycles. The van der Waals surface area contributed by atoms with Crippen molar-refractivity contribution in [1.82, 2.24) is 14.8 Å². The molecule has 0 fully saturated rings. The summed E-state index contributed by atoms with van der Waals surface area (Å²) in [7, 11) is 0. The number of hydrogen-bond donors (Lipinski definition) is 1. The predicted octanol–water partition coefficient (Wildman–Crippen LogP) is 2.60. The molecule has 2 aromatic rings. The van der Waals surface area contributed by atoms with Gasteiger partial charge in [-0.15, -0.1) is 0 Å². The van der Waals surface area contributed by atoms with Crippen LogP contribution < -0.4 is 0 Å². The fraction of sp³-hybridized carbons (Fsp3) is 0.500. The van der Waals surface area contributed by atoms with Crippen LogP contribution in [-0.2, 0) is 26.0 Å². The van der Waals surface area contributed by atoms with E-state index < -0.39 is 0 Å². The molecule has 1 aromatic carbocycles. The number of aryl methyl sites for hydroxylation is 2. The van der Waals surface area contributed by atoms with Crippen molar-refractivity contribution in [2.24, 2.45) is 5.92 Å². The zero-order valence-corrected chi connectivity index (χ0v) is 12.3. The lowest BCUT2D eigenvalue weighted by molar-refractivity contribution is 0.262. The molecule has 4 heteroatoms. The van der Waals surface area contributed by atoms with Gasteiger partial charge in [0.1, 0.15) is 6.61 Å². The van der Waals surface area contributed by atoms with Gasteiger partial charge in [0.05, 0.1) is 0 Å². The molecular formula is C16H23N3O.